The Morgan fingerprint density at radius 2 is 1.93 bits per heavy atom. The van der Waals surface area contributed by atoms with Crippen molar-refractivity contribution in [3.63, 3.8) is 0 Å². The van der Waals surface area contributed by atoms with Crippen LogP contribution in [0.5, 0.6) is 0 Å². The molecule has 0 spiro atoms. The topological polar surface area (TPSA) is 81.3 Å². The van der Waals surface area contributed by atoms with E-state index in [1.165, 1.54) is 12.8 Å². The molecule has 0 aliphatic carbocycles. The van der Waals surface area contributed by atoms with Crippen molar-refractivity contribution in [2.24, 2.45) is 0 Å². The number of nitrogens with one attached hydrogen (secondary N) is 2. The zero-order valence-corrected chi connectivity index (χ0v) is 17.4. The number of amides is 1. The Balaban J connectivity index is 1.35. The van der Waals surface area contributed by atoms with E-state index in [2.05, 4.69) is 20.4 Å². The van der Waals surface area contributed by atoms with Crippen molar-refractivity contribution in [1.29, 1.82) is 0 Å². The lowest BCUT2D eigenvalue weighted by atomic mass is 10.1. The predicted molar refractivity (Wildman–Crippen MR) is 119 cm³/mol. The molecule has 1 aliphatic heterocycles. The van der Waals surface area contributed by atoms with Crippen LogP contribution in [0.15, 0.2) is 53.5 Å². The maximum atomic E-state index is 12.3. The van der Waals surface area contributed by atoms with Crippen molar-refractivity contribution < 1.29 is 4.79 Å². The average Bonchev–Trinajstić information content (AvgIpc) is 3.28. The fourth-order valence-electron chi connectivity index (χ4n) is 3.67. The second-order valence-corrected chi connectivity index (χ2v) is 7.90. The van der Waals surface area contributed by atoms with Crippen LogP contribution < -0.4 is 15.3 Å². The number of carbonyl (C=O) groups excluding carboxylic acids is 1. The third-order valence-corrected chi connectivity index (χ3v) is 5.70. The first-order valence-electron chi connectivity index (χ1n) is 10.1. The Labute approximate surface area is 179 Å². The molecule has 0 atom stereocenters. The van der Waals surface area contributed by atoms with Gasteiger partial charge in [0.15, 0.2) is 0 Å². The van der Waals surface area contributed by atoms with Gasteiger partial charge < -0.3 is 10.2 Å². The molecule has 1 fully saturated rings. The number of halogens is 1. The summed E-state index contributed by atoms with van der Waals surface area (Å²) in [6, 6.07) is 12.8. The second kappa shape index (κ2) is 9.28. The van der Waals surface area contributed by atoms with Crippen molar-refractivity contribution in [3.05, 3.63) is 70.1 Å². The number of likely N-dealkylation sites (tertiary alicyclic amines) is 1. The predicted octanol–water partition coefficient (Wildman–Crippen LogP) is 2.91. The lowest BCUT2D eigenvalue weighted by Gasteiger charge is -2.17. The first-order valence-corrected chi connectivity index (χ1v) is 10.4. The number of aromatic nitrogens is 2. The summed E-state index contributed by atoms with van der Waals surface area (Å²) in [6.07, 6.45) is 4.10. The van der Waals surface area contributed by atoms with E-state index < -0.39 is 0 Å². The maximum Gasteiger partial charge on any atom is 0.272 e. The number of hydrogen-bond acceptors (Lipinski definition) is 5. The number of aromatic amines is 1. The third-order valence-electron chi connectivity index (χ3n) is 5.38. The summed E-state index contributed by atoms with van der Waals surface area (Å²) in [7, 11) is 0. The van der Waals surface area contributed by atoms with E-state index in [0.29, 0.717) is 29.7 Å². The van der Waals surface area contributed by atoms with Crippen molar-refractivity contribution in [3.8, 4) is 0 Å². The van der Waals surface area contributed by atoms with Gasteiger partial charge in [-0.1, -0.05) is 18.2 Å². The third kappa shape index (κ3) is 4.80. The maximum absolute atomic E-state index is 12.3. The summed E-state index contributed by atoms with van der Waals surface area (Å²) in [5.74, 6) is -0.0640. The van der Waals surface area contributed by atoms with Gasteiger partial charge in [0.05, 0.1) is 23.8 Å². The van der Waals surface area contributed by atoms with Gasteiger partial charge >= 0.3 is 0 Å². The van der Waals surface area contributed by atoms with Crippen LogP contribution in [0.2, 0.25) is 0 Å². The lowest BCUT2D eigenvalue weighted by molar-refractivity contribution is 0.0949. The molecule has 0 unspecified atom stereocenters. The molecule has 1 aromatic heterocycles. The van der Waals surface area contributed by atoms with Gasteiger partial charge in [-0.15, -0.1) is 0 Å². The molecular formula is C22H24ClN5O2. The number of nitrogens with zero attached hydrogens (tertiary/aromatic N) is 3. The molecular weight excluding hydrogens is 402 g/mol. The van der Waals surface area contributed by atoms with Crippen LogP contribution in [0.3, 0.4) is 0 Å². The number of anilines is 1. The largest absolute Gasteiger partial charge is 0.351 e. The monoisotopic (exact) mass is 425 g/mol. The molecule has 30 heavy (non-hydrogen) atoms. The molecule has 0 saturated carbocycles. The number of H-pyrrole nitrogens is 1. The summed E-state index contributed by atoms with van der Waals surface area (Å²) in [4.78, 5) is 26.6. The molecule has 0 radical (unpaired) electrons. The van der Waals surface area contributed by atoms with Crippen LogP contribution >= 0.6 is 11.8 Å². The molecule has 8 heteroatoms. The Morgan fingerprint density at radius 1 is 1.17 bits per heavy atom. The highest BCUT2D eigenvalue weighted by Gasteiger charge is 2.12. The fourth-order valence-corrected chi connectivity index (χ4v) is 3.92. The molecule has 2 heterocycles. The minimum Gasteiger partial charge on any atom is -0.351 e. The zero-order valence-electron chi connectivity index (χ0n) is 16.6. The summed E-state index contributed by atoms with van der Waals surface area (Å²) in [5, 5.41) is 10.5. The van der Waals surface area contributed by atoms with Crippen molar-refractivity contribution in [2.45, 2.75) is 19.4 Å². The number of benzene rings is 2. The number of carbonyl (C=O) groups is 1. The first kappa shape index (κ1) is 20.4. The smallest absolute Gasteiger partial charge is 0.272 e. The first-order chi connectivity index (χ1) is 14.6. The Morgan fingerprint density at radius 3 is 2.70 bits per heavy atom. The molecule has 2 N–H and O–H groups in total. The van der Waals surface area contributed by atoms with E-state index in [9.17, 15) is 9.59 Å². The molecule has 7 nitrogen and oxygen atoms in total. The fraction of sp³-hybridized carbons (Fsp3) is 0.318. The minimum absolute atomic E-state index is 0.0640. The normalized spacial score (nSPS) is 14.2. The molecule has 156 valence electrons. The standard InChI is InChI=1S/C22H24ClN5O2/c23-28(19-8-7-18-14-25-26-22(30)20(18)13-19)15-16-3-5-17(6-4-16)21(29)24-9-12-27-10-1-2-11-27/h3-8,13-14H,1-2,9-12,15H2,(H,24,29)(H,26,30). The van der Waals surface area contributed by atoms with E-state index in [-0.39, 0.29) is 11.5 Å². The number of fused-ring (bicyclic) bond motifs is 1. The van der Waals surface area contributed by atoms with Gasteiger partial charge in [0.25, 0.3) is 11.5 Å². The molecule has 0 bridgehead atoms. The number of rotatable bonds is 7. The Bertz CT molecular complexity index is 1080. The van der Waals surface area contributed by atoms with Crippen LogP contribution in [0, 0.1) is 0 Å². The van der Waals surface area contributed by atoms with Gasteiger partial charge in [0.1, 0.15) is 0 Å². The van der Waals surface area contributed by atoms with Crippen molar-refractivity contribution in [1.82, 2.24) is 20.4 Å². The van der Waals surface area contributed by atoms with Crippen LogP contribution in [-0.2, 0) is 6.54 Å². The molecule has 1 saturated heterocycles. The summed E-state index contributed by atoms with van der Waals surface area (Å²) in [5.41, 5.74) is 2.05. The molecule has 1 amide bonds. The quantitative estimate of drug-likeness (QED) is 0.569. The van der Waals surface area contributed by atoms with Crippen LogP contribution in [0.1, 0.15) is 28.8 Å². The lowest BCUT2D eigenvalue weighted by Crippen LogP contribution is -2.33. The minimum atomic E-state index is -0.250. The highest BCUT2D eigenvalue weighted by Crippen LogP contribution is 2.23. The van der Waals surface area contributed by atoms with E-state index in [1.54, 1.807) is 16.7 Å². The summed E-state index contributed by atoms with van der Waals surface area (Å²) in [6.45, 7) is 4.25. The number of hydrogen-bond donors (Lipinski definition) is 2. The van der Waals surface area contributed by atoms with Gasteiger partial charge in [-0.3, -0.25) is 14.0 Å². The van der Waals surface area contributed by atoms with Gasteiger partial charge in [-0.2, -0.15) is 5.10 Å². The molecule has 1 aliphatic rings. The SMILES string of the molecule is O=C(NCCN1CCCC1)c1ccc(CN(Cl)c2ccc3cn[nH]c(=O)c3c2)cc1. The van der Waals surface area contributed by atoms with Gasteiger partial charge in [0.2, 0.25) is 0 Å². The van der Waals surface area contributed by atoms with E-state index in [0.717, 1.165) is 30.6 Å². The van der Waals surface area contributed by atoms with Gasteiger partial charge in [-0.25, -0.2) is 5.10 Å². The summed E-state index contributed by atoms with van der Waals surface area (Å²) < 4.78 is 1.55. The average molecular weight is 426 g/mol. The van der Waals surface area contributed by atoms with E-state index >= 15 is 0 Å². The molecule has 4 rings (SSSR count). The Kier molecular flexibility index (Phi) is 6.30. The van der Waals surface area contributed by atoms with Crippen LogP contribution in [-0.4, -0.2) is 47.2 Å². The van der Waals surface area contributed by atoms with Crippen LogP contribution in [0.25, 0.3) is 10.8 Å². The highest BCUT2D eigenvalue weighted by molar-refractivity contribution is 6.25. The second-order valence-electron chi connectivity index (χ2n) is 7.49. The Hall–Kier alpha value is -2.90. The van der Waals surface area contributed by atoms with Gasteiger partial charge in [0, 0.05) is 35.8 Å². The van der Waals surface area contributed by atoms with Gasteiger partial charge in [-0.05, 0) is 55.8 Å². The van der Waals surface area contributed by atoms with E-state index in [4.69, 9.17) is 11.8 Å². The molecule has 3 aromatic rings. The van der Waals surface area contributed by atoms with Crippen molar-refractivity contribution >= 4 is 34.1 Å². The van der Waals surface area contributed by atoms with Crippen molar-refractivity contribution in [2.75, 3.05) is 30.6 Å². The highest BCUT2D eigenvalue weighted by atomic mass is 35.5. The van der Waals surface area contributed by atoms with E-state index in [1.807, 2.05) is 36.4 Å². The molecule has 2 aromatic carbocycles. The zero-order chi connectivity index (χ0) is 20.9. The van der Waals surface area contributed by atoms with Crippen LogP contribution in [0.4, 0.5) is 5.69 Å². The summed E-state index contributed by atoms with van der Waals surface area (Å²) >= 11 is 6.45.